The van der Waals surface area contributed by atoms with Gasteiger partial charge in [0.2, 0.25) is 0 Å². The highest BCUT2D eigenvalue weighted by atomic mass is 79.9. The maximum Gasteiger partial charge on any atom is 0.271 e. The van der Waals surface area contributed by atoms with Crippen LogP contribution in [0.4, 0.5) is 5.82 Å². The van der Waals surface area contributed by atoms with Gasteiger partial charge in [0.15, 0.2) is 16.2 Å². The zero-order chi connectivity index (χ0) is 23.4. The van der Waals surface area contributed by atoms with Crippen molar-refractivity contribution < 1.29 is 9.53 Å². The molecule has 1 amide bonds. The van der Waals surface area contributed by atoms with Gasteiger partial charge in [0, 0.05) is 25.6 Å². The van der Waals surface area contributed by atoms with E-state index in [2.05, 4.69) is 49.7 Å². The lowest BCUT2D eigenvalue weighted by Gasteiger charge is -2.15. The molecule has 33 heavy (non-hydrogen) atoms. The number of hydrogen-bond acceptors (Lipinski definition) is 5. The second-order valence-electron chi connectivity index (χ2n) is 8.13. The minimum Gasteiger partial charge on any atom is -0.494 e. The fourth-order valence-corrected chi connectivity index (χ4v) is 4.54. The number of carbonyl (C=O) groups is 1. The van der Waals surface area contributed by atoms with E-state index in [9.17, 15) is 4.79 Å². The second kappa shape index (κ2) is 10.4. The lowest BCUT2D eigenvalue weighted by atomic mass is 9.90. The molecular weight excluding hydrogens is 481 g/mol. The molecule has 0 aliphatic carbocycles. The number of nitrogens with one attached hydrogen (secondary N) is 2. The van der Waals surface area contributed by atoms with Crippen LogP contribution in [0.5, 0.6) is 5.75 Å². The summed E-state index contributed by atoms with van der Waals surface area (Å²) in [6.45, 7) is 3.96. The van der Waals surface area contributed by atoms with Crippen molar-refractivity contribution in [2.75, 3.05) is 25.0 Å². The molecule has 170 valence electrons. The number of anilines is 1. The Hall–Kier alpha value is -2.78. The van der Waals surface area contributed by atoms with Crippen molar-refractivity contribution >= 4 is 41.0 Å². The molecule has 0 saturated heterocycles. The number of hydrogen-bond donors (Lipinski definition) is 3. The maximum atomic E-state index is 13.0. The van der Waals surface area contributed by atoms with Gasteiger partial charge in [-0.25, -0.2) is 4.98 Å². The number of nitrogens with zero attached hydrogens (tertiary/aromatic N) is 2. The van der Waals surface area contributed by atoms with E-state index in [-0.39, 0.29) is 11.9 Å². The largest absolute Gasteiger partial charge is 0.494 e. The minimum absolute atomic E-state index is 0.130. The Morgan fingerprint density at radius 3 is 2.85 bits per heavy atom. The topological polar surface area (TPSA) is 94.2 Å². The average Bonchev–Trinajstić information content (AvgIpc) is 3.38. The van der Waals surface area contributed by atoms with Gasteiger partial charge in [-0.15, -0.1) is 0 Å². The van der Waals surface area contributed by atoms with Crippen molar-refractivity contribution in [2.45, 2.75) is 32.4 Å². The lowest BCUT2D eigenvalue weighted by Crippen LogP contribution is -2.32. The molecule has 2 aromatic carbocycles. The molecule has 0 fully saturated rings. The molecule has 0 bridgehead atoms. The highest BCUT2D eigenvalue weighted by Gasteiger charge is 2.23. The highest BCUT2D eigenvalue weighted by Crippen LogP contribution is 2.27. The van der Waals surface area contributed by atoms with E-state index >= 15 is 0 Å². The maximum absolute atomic E-state index is 13.0. The van der Waals surface area contributed by atoms with Gasteiger partial charge in [0.05, 0.1) is 13.2 Å². The van der Waals surface area contributed by atoms with Crippen LogP contribution in [0.15, 0.2) is 47.2 Å². The van der Waals surface area contributed by atoms with Crippen LogP contribution in [0.25, 0.3) is 0 Å². The molecular formula is C24H27BBrN5O2. The number of amides is 1. The number of imidazole rings is 1. The smallest absolute Gasteiger partial charge is 0.271 e. The molecule has 1 aliphatic rings. The number of nitrogens with two attached hydrogens (primary N) is 1. The summed E-state index contributed by atoms with van der Waals surface area (Å²) >= 11 is 3.53. The molecule has 1 atom stereocenters. The predicted octanol–water partition coefficient (Wildman–Crippen LogP) is 2.15. The first-order valence-electron chi connectivity index (χ1n) is 11.1. The zero-order valence-corrected chi connectivity index (χ0v) is 20.2. The monoisotopic (exact) mass is 507 g/mol. The normalized spacial score (nSPS) is 13.3. The van der Waals surface area contributed by atoms with Crippen LogP contribution < -0.4 is 26.6 Å². The molecule has 3 aromatic rings. The first kappa shape index (κ1) is 23.4. The van der Waals surface area contributed by atoms with Crippen molar-refractivity contribution in [2.24, 2.45) is 5.73 Å². The molecule has 9 heteroatoms. The van der Waals surface area contributed by atoms with Gasteiger partial charge in [-0.2, -0.15) is 0 Å². The summed E-state index contributed by atoms with van der Waals surface area (Å²) in [6.07, 6.45) is 1.55. The predicted molar refractivity (Wildman–Crippen MR) is 135 cm³/mol. The molecule has 4 N–H and O–H groups in total. The molecule has 1 aliphatic heterocycles. The van der Waals surface area contributed by atoms with E-state index in [1.54, 1.807) is 0 Å². The van der Waals surface area contributed by atoms with Crippen LogP contribution in [0.1, 0.15) is 34.1 Å². The Morgan fingerprint density at radius 2 is 2.09 bits per heavy atom. The molecule has 0 unspecified atom stereocenters. The first-order chi connectivity index (χ1) is 16.0. The molecule has 0 spiro atoms. The molecule has 0 saturated carbocycles. The first-order valence-corrected chi connectivity index (χ1v) is 11.9. The number of halogens is 1. The third kappa shape index (κ3) is 5.42. The van der Waals surface area contributed by atoms with E-state index in [1.165, 1.54) is 5.56 Å². The lowest BCUT2D eigenvalue weighted by molar-refractivity contribution is 0.0947. The van der Waals surface area contributed by atoms with Crippen LogP contribution in [0, 0.1) is 0 Å². The van der Waals surface area contributed by atoms with Crippen molar-refractivity contribution in [1.29, 1.82) is 0 Å². The van der Waals surface area contributed by atoms with Gasteiger partial charge in [0.25, 0.3) is 5.91 Å². The Kier molecular flexibility index (Phi) is 7.40. The SMILES string of the molecule is [B]c1cc(Cn2c(Br)nc(NC[C@H](N)Cc3ccccc3)c2C(=O)NCC)cc2c1OCC2. The van der Waals surface area contributed by atoms with Crippen molar-refractivity contribution in [3.8, 4) is 5.75 Å². The number of rotatable bonds is 9. The fraction of sp³-hybridized carbons (Fsp3) is 0.333. The van der Waals surface area contributed by atoms with Gasteiger partial charge < -0.3 is 25.7 Å². The second-order valence-corrected chi connectivity index (χ2v) is 8.84. The molecule has 7 nitrogen and oxygen atoms in total. The van der Waals surface area contributed by atoms with Crippen LogP contribution in [-0.4, -0.2) is 49.0 Å². The summed E-state index contributed by atoms with van der Waals surface area (Å²) in [6, 6.07) is 13.9. The average molecular weight is 508 g/mol. The van der Waals surface area contributed by atoms with E-state index in [4.69, 9.17) is 18.3 Å². The Morgan fingerprint density at radius 1 is 1.30 bits per heavy atom. The van der Waals surface area contributed by atoms with Crippen molar-refractivity contribution in [3.63, 3.8) is 0 Å². The summed E-state index contributed by atoms with van der Waals surface area (Å²) < 4.78 is 8.01. The minimum atomic E-state index is -0.202. The van der Waals surface area contributed by atoms with Gasteiger partial charge in [-0.3, -0.25) is 4.79 Å². The fourth-order valence-electron chi connectivity index (χ4n) is 4.06. The quantitative estimate of drug-likeness (QED) is 0.386. The van der Waals surface area contributed by atoms with E-state index < -0.39 is 0 Å². The standard InChI is InChI=1S/C24H27BBrN5O2/c1-2-28-23(32)20-22(29-13-18(27)11-15-6-4-3-5-7-15)30-24(26)31(20)14-16-10-17-8-9-33-21(17)19(25)12-16/h3-7,10,12,18,29H,2,8-9,11,13-14,27H2,1H3,(H,28,32)/t18-/m1/s1. The van der Waals surface area contributed by atoms with Gasteiger partial charge in [-0.05, 0) is 46.0 Å². The van der Waals surface area contributed by atoms with Crippen molar-refractivity contribution in [3.05, 3.63) is 69.6 Å². The summed E-state index contributed by atoms with van der Waals surface area (Å²) in [7, 11) is 6.19. The number of benzene rings is 2. The molecule has 2 radical (unpaired) electrons. The zero-order valence-electron chi connectivity index (χ0n) is 18.6. The molecule has 2 heterocycles. The van der Waals surface area contributed by atoms with E-state index in [1.807, 2.05) is 35.8 Å². The highest BCUT2D eigenvalue weighted by molar-refractivity contribution is 9.10. The summed E-state index contributed by atoms with van der Waals surface area (Å²) in [5.41, 5.74) is 10.6. The third-order valence-corrected chi connectivity index (χ3v) is 6.16. The summed E-state index contributed by atoms with van der Waals surface area (Å²) in [5.74, 6) is 1.06. The van der Waals surface area contributed by atoms with Crippen LogP contribution in [0.3, 0.4) is 0 Å². The van der Waals surface area contributed by atoms with Crippen LogP contribution >= 0.6 is 15.9 Å². The number of carbonyl (C=O) groups excluding carboxylic acids is 1. The molecule has 1 aromatic heterocycles. The Bertz CT molecular complexity index is 1140. The van der Waals surface area contributed by atoms with Gasteiger partial charge >= 0.3 is 0 Å². The third-order valence-electron chi connectivity index (χ3n) is 5.56. The molecule has 4 rings (SSSR count). The number of fused-ring (bicyclic) bond motifs is 1. The van der Waals surface area contributed by atoms with Crippen LogP contribution in [0.2, 0.25) is 0 Å². The number of aromatic nitrogens is 2. The van der Waals surface area contributed by atoms with E-state index in [0.29, 0.717) is 47.9 Å². The van der Waals surface area contributed by atoms with Gasteiger partial charge in [0.1, 0.15) is 13.6 Å². The van der Waals surface area contributed by atoms with E-state index in [0.717, 1.165) is 29.7 Å². The van der Waals surface area contributed by atoms with Gasteiger partial charge in [-0.1, -0.05) is 47.9 Å². The van der Waals surface area contributed by atoms with Crippen LogP contribution in [-0.2, 0) is 19.4 Å². The summed E-state index contributed by atoms with van der Waals surface area (Å²) in [4.78, 5) is 17.6. The summed E-state index contributed by atoms with van der Waals surface area (Å²) in [5, 5.41) is 6.17. The Balaban J connectivity index is 1.56. The Labute approximate surface area is 203 Å². The number of ether oxygens (including phenoxy) is 1. The van der Waals surface area contributed by atoms with Crippen molar-refractivity contribution in [1.82, 2.24) is 14.9 Å².